The van der Waals surface area contributed by atoms with Gasteiger partial charge in [-0.2, -0.15) is 0 Å². The van der Waals surface area contributed by atoms with Gasteiger partial charge in [-0.3, -0.25) is 9.59 Å². The van der Waals surface area contributed by atoms with Gasteiger partial charge < -0.3 is 10.1 Å². The van der Waals surface area contributed by atoms with Crippen molar-refractivity contribution in [1.82, 2.24) is 5.32 Å². The standard InChI is InChI=1S/C15H18FNO3/c1-4-7-17-13(9-14(18)20-3)15(19)11-5-6-12(16)10(2)8-11/h4-6,8,13,17H,1,7,9H2,2-3H3. The van der Waals surface area contributed by atoms with Crippen molar-refractivity contribution in [3.05, 3.63) is 47.8 Å². The lowest BCUT2D eigenvalue weighted by Crippen LogP contribution is -2.39. The average Bonchev–Trinajstić information content (AvgIpc) is 2.45. The zero-order valence-electron chi connectivity index (χ0n) is 11.6. The Labute approximate surface area is 117 Å². The highest BCUT2D eigenvalue weighted by atomic mass is 19.1. The summed E-state index contributed by atoms with van der Waals surface area (Å²) in [5.74, 6) is -1.13. The number of benzene rings is 1. The largest absolute Gasteiger partial charge is 0.469 e. The Morgan fingerprint density at radius 3 is 2.75 bits per heavy atom. The van der Waals surface area contributed by atoms with Crippen LogP contribution in [0, 0.1) is 12.7 Å². The van der Waals surface area contributed by atoms with E-state index in [1.807, 2.05) is 0 Å². The van der Waals surface area contributed by atoms with Crippen molar-refractivity contribution in [3.63, 3.8) is 0 Å². The second kappa shape index (κ2) is 7.55. The molecule has 1 N–H and O–H groups in total. The first-order valence-electron chi connectivity index (χ1n) is 6.21. The van der Waals surface area contributed by atoms with Crippen LogP contribution in [0.1, 0.15) is 22.3 Å². The molecule has 1 rings (SSSR count). The molecular formula is C15H18FNO3. The Morgan fingerprint density at radius 1 is 1.50 bits per heavy atom. The summed E-state index contributed by atoms with van der Waals surface area (Å²) in [4.78, 5) is 23.7. The zero-order chi connectivity index (χ0) is 15.1. The number of hydrogen-bond acceptors (Lipinski definition) is 4. The van der Waals surface area contributed by atoms with Crippen LogP contribution in [0.4, 0.5) is 4.39 Å². The molecule has 4 nitrogen and oxygen atoms in total. The molecule has 1 unspecified atom stereocenters. The van der Waals surface area contributed by atoms with Gasteiger partial charge in [-0.05, 0) is 30.7 Å². The number of aryl methyl sites for hydroxylation is 1. The van der Waals surface area contributed by atoms with Crippen molar-refractivity contribution < 1.29 is 18.7 Å². The van der Waals surface area contributed by atoms with Crippen LogP contribution in [-0.2, 0) is 9.53 Å². The smallest absolute Gasteiger partial charge is 0.307 e. The van der Waals surface area contributed by atoms with E-state index in [9.17, 15) is 14.0 Å². The van der Waals surface area contributed by atoms with E-state index in [2.05, 4.69) is 16.6 Å². The van der Waals surface area contributed by atoms with Crippen molar-refractivity contribution in [2.45, 2.75) is 19.4 Å². The molecule has 1 aromatic rings. The van der Waals surface area contributed by atoms with E-state index in [1.165, 1.54) is 25.3 Å². The van der Waals surface area contributed by atoms with Gasteiger partial charge in [-0.1, -0.05) is 6.08 Å². The van der Waals surface area contributed by atoms with Crippen LogP contribution in [-0.4, -0.2) is 31.4 Å². The third-order valence-corrected chi connectivity index (χ3v) is 2.87. The molecule has 0 spiro atoms. The van der Waals surface area contributed by atoms with E-state index >= 15 is 0 Å². The molecule has 0 bridgehead atoms. The molecule has 5 heteroatoms. The first-order chi connectivity index (χ1) is 9.49. The molecule has 0 aliphatic carbocycles. The number of rotatable bonds is 7. The van der Waals surface area contributed by atoms with Gasteiger partial charge in [0.2, 0.25) is 0 Å². The van der Waals surface area contributed by atoms with E-state index in [-0.39, 0.29) is 18.0 Å². The van der Waals surface area contributed by atoms with Crippen LogP contribution in [0.25, 0.3) is 0 Å². The normalized spacial score (nSPS) is 11.8. The minimum Gasteiger partial charge on any atom is -0.469 e. The van der Waals surface area contributed by atoms with Gasteiger partial charge in [0.1, 0.15) is 5.82 Å². The molecule has 0 aromatic heterocycles. The molecule has 108 valence electrons. The summed E-state index contributed by atoms with van der Waals surface area (Å²) >= 11 is 0. The van der Waals surface area contributed by atoms with E-state index in [0.717, 1.165) is 0 Å². The highest BCUT2D eigenvalue weighted by Crippen LogP contribution is 2.12. The molecule has 0 aliphatic rings. The molecule has 0 fully saturated rings. The van der Waals surface area contributed by atoms with Gasteiger partial charge in [0.25, 0.3) is 0 Å². The molecule has 0 heterocycles. The zero-order valence-corrected chi connectivity index (χ0v) is 11.6. The fourth-order valence-electron chi connectivity index (χ4n) is 1.73. The minimum atomic E-state index is -0.717. The number of halogens is 1. The molecule has 1 aromatic carbocycles. The number of carbonyl (C=O) groups is 2. The van der Waals surface area contributed by atoms with Crippen molar-refractivity contribution in [2.75, 3.05) is 13.7 Å². The Kier molecular flexibility index (Phi) is 6.06. The third kappa shape index (κ3) is 4.28. The van der Waals surface area contributed by atoms with Crippen LogP contribution in [0.2, 0.25) is 0 Å². The predicted molar refractivity (Wildman–Crippen MR) is 74.1 cm³/mol. The quantitative estimate of drug-likeness (QED) is 0.471. The molecule has 1 atom stereocenters. The van der Waals surface area contributed by atoms with Crippen LogP contribution >= 0.6 is 0 Å². The van der Waals surface area contributed by atoms with Crippen molar-refractivity contribution in [3.8, 4) is 0 Å². The van der Waals surface area contributed by atoms with Gasteiger partial charge in [-0.25, -0.2) is 4.39 Å². The fourth-order valence-corrected chi connectivity index (χ4v) is 1.73. The van der Waals surface area contributed by atoms with E-state index in [0.29, 0.717) is 17.7 Å². The number of methoxy groups -OCH3 is 1. The van der Waals surface area contributed by atoms with Crippen molar-refractivity contribution in [2.24, 2.45) is 0 Å². The molecule has 0 saturated carbocycles. The minimum absolute atomic E-state index is 0.0837. The molecule has 0 aliphatic heterocycles. The molecule has 0 amide bonds. The Bertz CT molecular complexity index is 514. The average molecular weight is 279 g/mol. The lowest BCUT2D eigenvalue weighted by Gasteiger charge is -2.16. The summed E-state index contributed by atoms with van der Waals surface area (Å²) in [6, 6.07) is 3.40. The molecule has 0 saturated heterocycles. The Morgan fingerprint density at radius 2 is 2.20 bits per heavy atom. The Balaban J connectivity index is 2.92. The topological polar surface area (TPSA) is 55.4 Å². The van der Waals surface area contributed by atoms with E-state index in [4.69, 9.17) is 0 Å². The third-order valence-electron chi connectivity index (χ3n) is 2.87. The molecule has 20 heavy (non-hydrogen) atoms. The van der Waals surface area contributed by atoms with E-state index < -0.39 is 12.0 Å². The predicted octanol–water partition coefficient (Wildman–Crippen LogP) is 2.02. The fraction of sp³-hybridized carbons (Fsp3) is 0.333. The number of hydrogen-bond donors (Lipinski definition) is 1. The number of nitrogens with one attached hydrogen (secondary N) is 1. The van der Waals surface area contributed by atoms with Gasteiger partial charge in [0, 0.05) is 12.1 Å². The lowest BCUT2D eigenvalue weighted by atomic mass is 9.99. The van der Waals surface area contributed by atoms with Crippen LogP contribution in [0.5, 0.6) is 0 Å². The maximum Gasteiger partial charge on any atom is 0.307 e. The number of Topliss-reactive ketones (excluding diaryl/α,β-unsaturated/α-hetero) is 1. The van der Waals surface area contributed by atoms with Crippen LogP contribution in [0.3, 0.4) is 0 Å². The van der Waals surface area contributed by atoms with Crippen molar-refractivity contribution in [1.29, 1.82) is 0 Å². The highest BCUT2D eigenvalue weighted by Gasteiger charge is 2.23. The second-order valence-corrected chi connectivity index (χ2v) is 4.36. The Hall–Kier alpha value is -2.01. The number of ether oxygens (including phenoxy) is 1. The highest BCUT2D eigenvalue weighted by molar-refractivity contribution is 6.02. The summed E-state index contributed by atoms with van der Waals surface area (Å²) in [7, 11) is 1.26. The summed E-state index contributed by atoms with van der Waals surface area (Å²) in [5, 5.41) is 2.90. The number of ketones is 1. The first-order valence-corrected chi connectivity index (χ1v) is 6.21. The molecule has 0 radical (unpaired) electrons. The van der Waals surface area contributed by atoms with Crippen LogP contribution < -0.4 is 5.32 Å². The van der Waals surface area contributed by atoms with Gasteiger partial charge in [-0.15, -0.1) is 6.58 Å². The van der Waals surface area contributed by atoms with Crippen molar-refractivity contribution >= 4 is 11.8 Å². The summed E-state index contributed by atoms with van der Waals surface area (Å²) < 4.78 is 17.8. The van der Waals surface area contributed by atoms with Crippen LogP contribution in [0.15, 0.2) is 30.9 Å². The van der Waals surface area contributed by atoms with Gasteiger partial charge >= 0.3 is 5.97 Å². The van der Waals surface area contributed by atoms with Gasteiger partial charge in [0.05, 0.1) is 19.6 Å². The molecular weight excluding hydrogens is 261 g/mol. The summed E-state index contributed by atoms with van der Waals surface area (Å²) in [6.07, 6.45) is 1.51. The first kappa shape index (κ1) is 16.0. The maximum atomic E-state index is 13.2. The number of esters is 1. The maximum absolute atomic E-state index is 13.2. The van der Waals surface area contributed by atoms with E-state index in [1.54, 1.807) is 13.0 Å². The summed E-state index contributed by atoms with van der Waals surface area (Å²) in [6.45, 7) is 5.51. The SMILES string of the molecule is C=CCNC(CC(=O)OC)C(=O)c1ccc(F)c(C)c1. The summed E-state index contributed by atoms with van der Waals surface area (Å²) in [5.41, 5.74) is 0.741. The lowest BCUT2D eigenvalue weighted by molar-refractivity contribution is -0.140. The number of carbonyl (C=O) groups excluding carboxylic acids is 2. The van der Waals surface area contributed by atoms with Gasteiger partial charge in [0.15, 0.2) is 5.78 Å². The monoisotopic (exact) mass is 279 g/mol. The second-order valence-electron chi connectivity index (χ2n) is 4.36.